The second kappa shape index (κ2) is 4.90. The molecular weight excluding hydrogens is 200 g/mol. The van der Waals surface area contributed by atoms with Crippen molar-refractivity contribution in [1.82, 2.24) is 20.3 Å². The van der Waals surface area contributed by atoms with E-state index in [4.69, 9.17) is 0 Å². The number of rotatable bonds is 4. The van der Waals surface area contributed by atoms with E-state index in [-0.39, 0.29) is 6.04 Å². The van der Waals surface area contributed by atoms with Gasteiger partial charge in [0.15, 0.2) is 0 Å². The van der Waals surface area contributed by atoms with Gasteiger partial charge in [-0.25, -0.2) is 4.98 Å². The van der Waals surface area contributed by atoms with E-state index in [1.165, 1.54) is 11.1 Å². The lowest BCUT2D eigenvalue weighted by molar-refractivity contribution is 0.549. The minimum atomic E-state index is 0.217. The maximum absolute atomic E-state index is 4.22. The average molecular weight is 216 g/mol. The number of aromatic nitrogens is 3. The van der Waals surface area contributed by atoms with Gasteiger partial charge in [0.25, 0.3) is 0 Å². The van der Waals surface area contributed by atoms with Gasteiger partial charge in [0, 0.05) is 31.3 Å². The fraction of sp³-hybridized carbons (Fsp3) is 0.333. The van der Waals surface area contributed by atoms with Crippen LogP contribution in [0.15, 0.2) is 30.9 Å². The van der Waals surface area contributed by atoms with Crippen LogP contribution in [0.3, 0.4) is 0 Å². The van der Waals surface area contributed by atoms with Crippen molar-refractivity contribution >= 4 is 0 Å². The van der Waals surface area contributed by atoms with Crippen LogP contribution in [0.25, 0.3) is 0 Å². The Kier molecular flexibility index (Phi) is 3.31. The zero-order valence-electron chi connectivity index (χ0n) is 9.57. The number of H-pyrrole nitrogens is 1. The molecular formula is C12H16N4. The second-order valence-electron chi connectivity index (χ2n) is 3.88. The van der Waals surface area contributed by atoms with Gasteiger partial charge in [0.1, 0.15) is 5.82 Å². The Hall–Kier alpha value is -1.68. The summed E-state index contributed by atoms with van der Waals surface area (Å²) in [6, 6.07) is 2.24. The maximum Gasteiger partial charge on any atom is 0.122 e. The third-order valence-corrected chi connectivity index (χ3v) is 2.68. The first-order valence-corrected chi connectivity index (χ1v) is 5.39. The molecule has 4 heteroatoms. The fourth-order valence-electron chi connectivity index (χ4n) is 1.56. The van der Waals surface area contributed by atoms with Gasteiger partial charge in [-0.2, -0.15) is 0 Å². The number of hydrogen-bond donors (Lipinski definition) is 2. The minimum absolute atomic E-state index is 0.217. The van der Waals surface area contributed by atoms with Crippen molar-refractivity contribution in [2.45, 2.75) is 26.4 Å². The molecule has 2 heterocycles. The van der Waals surface area contributed by atoms with E-state index >= 15 is 0 Å². The summed E-state index contributed by atoms with van der Waals surface area (Å²) in [7, 11) is 0. The van der Waals surface area contributed by atoms with Crippen molar-refractivity contribution in [3.8, 4) is 0 Å². The first kappa shape index (κ1) is 10.8. The highest BCUT2D eigenvalue weighted by molar-refractivity contribution is 5.21. The van der Waals surface area contributed by atoms with Gasteiger partial charge in [0.05, 0.1) is 6.04 Å². The van der Waals surface area contributed by atoms with Crippen molar-refractivity contribution in [2.75, 3.05) is 0 Å². The molecule has 0 amide bonds. The summed E-state index contributed by atoms with van der Waals surface area (Å²) in [4.78, 5) is 11.4. The number of aryl methyl sites for hydroxylation is 1. The molecule has 84 valence electrons. The Morgan fingerprint density at radius 2 is 2.31 bits per heavy atom. The average Bonchev–Trinajstić information content (AvgIpc) is 2.81. The maximum atomic E-state index is 4.22. The Morgan fingerprint density at radius 1 is 1.44 bits per heavy atom. The molecule has 2 rings (SSSR count). The van der Waals surface area contributed by atoms with Crippen LogP contribution >= 0.6 is 0 Å². The lowest BCUT2D eigenvalue weighted by Gasteiger charge is -2.12. The normalized spacial score (nSPS) is 12.6. The summed E-state index contributed by atoms with van der Waals surface area (Å²) in [6.07, 6.45) is 7.32. The molecule has 2 aromatic rings. The van der Waals surface area contributed by atoms with E-state index in [0.717, 1.165) is 12.4 Å². The Morgan fingerprint density at radius 3 is 3.00 bits per heavy atom. The summed E-state index contributed by atoms with van der Waals surface area (Å²) in [5.41, 5.74) is 2.48. The van der Waals surface area contributed by atoms with Gasteiger partial charge in [-0.15, -0.1) is 0 Å². The predicted octanol–water partition coefficient (Wildman–Crippen LogP) is 1.96. The van der Waals surface area contributed by atoms with Crippen LogP contribution in [0.5, 0.6) is 0 Å². The Labute approximate surface area is 95.1 Å². The van der Waals surface area contributed by atoms with E-state index in [9.17, 15) is 0 Å². The molecule has 0 fully saturated rings. The third-order valence-electron chi connectivity index (χ3n) is 2.68. The third kappa shape index (κ3) is 2.46. The van der Waals surface area contributed by atoms with Crippen LogP contribution in [-0.2, 0) is 6.54 Å². The number of imidazole rings is 1. The lowest BCUT2D eigenvalue weighted by Crippen LogP contribution is -2.19. The van der Waals surface area contributed by atoms with Crippen LogP contribution < -0.4 is 5.32 Å². The van der Waals surface area contributed by atoms with Crippen LogP contribution in [0.1, 0.15) is 29.9 Å². The minimum Gasteiger partial charge on any atom is -0.347 e. The number of aromatic amines is 1. The largest absolute Gasteiger partial charge is 0.347 e. The molecule has 4 nitrogen and oxygen atoms in total. The Balaban J connectivity index is 1.95. The van der Waals surface area contributed by atoms with Gasteiger partial charge in [-0.3, -0.25) is 4.98 Å². The van der Waals surface area contributed by atoms with E-state index in [2.05, 4.69) is 34.1 Å². The Bertz CT molecular complexity index is 436. The summed E-state index contributed by atoms with van der Waals surface area (Å²) in [5.74, 6) is 0.960. The highest BCUT2D eigenvalue weighted by atomic mass is 15.0. The smallest absolute Gasteiger partial charge is 0.122 e. The molecule has 0 aliphatic rings. The molecule has 1 unspecified atom stereocenters. The molecule has 0 aliphatic heterocycles. The molecule has 0 bridgehead atoms. The van der Waals surface area contributed by atoms with Crippen LogP contribution in [0.2, 0.25) is 0 Å². The summed E-state index contributed by atoms with van der Waals surface area (Å²) < 4.78 is 0. The molecule has 0 radical (unpaired) electrons. The van der Waals surface area contributed by atoms with Gasteiger partial charge in [-0.1, -0.05) is 0 Å². The molecule has 1 atom stereocenters. The van der Waals surface area contributed by atoms with Crippen molar-refractivity contribution < 1.29 is 0 Å². The summed E-state index contributed by atoms with van der Waals surface area (Å²) in [6.45, 7) is 4.99. The molecule has 16 heavy (non-hydrogen) atoms. The molecule has 2 N–H and O–H groups in total. The first-order valence-electron chi connectivity index (χ1n) is 5.39. The quantitative estimate of drug-likeness (QED) is 0.821. The van der Waals surface area contributed by atoms with Crippen molar-refractivity contribution in [3.05, 3.63) is 47.8 Å². The number of nitrogens with zero attached hydrogens (tertiary/aromatic N) is 2. The van der Waals surface area contributed by atoms with E-state index in [1.54, 1.807) is 6.20 Å². The molecule has 0 saturated carbocycles. The van der Waals surface area contributed by atoms with Crippen LogP contribution in [0, 0.1) is 6.92 Å². The van der Waals surface area contributed by atoms with E-state index in [1.807, 2.05) is 24.7 Å². The molecule has 0 saturated heterocycles. The number of hydrogen-bond acceptors (Lipinski definition) is 3. The topological polar surface area (TPSA) is 53.6 Å². The van der Waals surface area contributed by atoms with Crippen LogP contribution in [-0.4, -0.2) is 15.0 Å². The SMILES string of the molecule is Cc1ccncc1CNC(C)c1ncc[nH]1. The van der Waals surface area contributed by atoms with Gasteiger partial charge in [0.2, 0.25) is 0 Å². The van der Waals surface area contributed by atoms with Gasteiger partial charge < -0.3 is 10.3 Å². The fourth-order valence-corrected chi connectivity index (χ4v) is 1.56. The van der Waals surface area contributed by atoms with Gasteiger partial charge >= 0.3 is 0 Å². The standard InChI is InChI=1S/C12H16N4/c1-9-3-4-13-7-11(9)8-16-10(2)12-14-5-6-15-12/h3-7,10,16H,8H2,1-2H3,(H,14,15). The predicted molar refractivity (Wildman–Crippen MR) is 62.8 cm³/mol. The highest BCUT2D eigenvalue weighted by Gasteiger charge is 2.07. The van der Waals surface area contributed by atoms with Crippen molar-refractivity contribution in [2.24, 2.45) is 0 Å². The van der Waals surface area contributed by atoms with E-state index in [0.29, 0.717) is 0 Å². The molecule has 0 aromatic carbocycles. The second-order valence-corrected chi connectivity index (χ2v) is 3.88. The zero-order valence-corrected chi connectivity index (χ0v) is 9.57. The van der Waals surface area contributed by atoms with Crippen molar-refractivity contribution in [1.29, 1.82) is 0 Å². The van der Waals surface area contributed by atoms with Crippen LogP contribution in [0.4, 0.5) is 0 Å². The van der Waals surface area contributed by atoms with Gasteiger partial charge in [-0.05, 0) is 31.0 Å². The van der Waals surface area contributed by atoms with E-state index < -0.39 is 0 Å². The molecule has 0 aliphatic carbocycles. The number of pyridine rings is 1. The first-order chi connectivity index (χ1) is 7.77. The number of nitrogens with one attached hydrogen (secondary N) is 2. The van der Waals surface area contributed by atoms with Crippen molar-refractivity contribution in [3.63, 3.8) is 0 Å². The highest BCUT2D eigenvalue weighted by Crippen LogP contribution is 2.09. The zero-order chi connectivity index (χ0) is 11.4. The lowest BCUT2D eigenvalue weighted by atomic mass is 10.1. The monoisotopic (exact) mass is 216 g/mol. The summed E-state index contributed by atoms with van der Waals surface area (Å²) in [5, 5.41) is 3.41. The molecule has 2 aromatic heterocycles. The summed E-state index contributed by atoms with van der Waals surface area (Å²) >= 11 is 0. The molecule has 0 spiro atoms.